The summed E-state index contributed by atoms with van der Waals surface area (Å²) in [6.07, 6.45) is 0. The van der Waals surface area contributed by atoms with Crippen LogP contribution >= 0.6 is 24.6 Å². The average molecular weight is 300 g/mol. The Morgan fingerprint density at radius 1 is 1.53 bits per heavy atom. The number of piperazine rings is 1. The first-order valence-corrected chi connectivity index (χ1v) is 7.75. The highest BCUT2D eigenvalue weighted by molar-refractivity contribution is 7.91. The minimum absolute atomic E-state index is 0. The largest absolute Gasteiger partial charge is 0.363 e. The number of nitrogens with one attached hydrogen (secondary N) is 2. The van der Waals surface area contributed by atoms with Gasteiger partial charge in [0.25, 0.3) is 0 Å². The zero-order valence-corrected chi connectivity index (χ0v) is 12.1. The number of fused-ring (bicyclic) bond motifs is 1. The number of halogens is 1. The van der Waals surface area contributed by atoms with Crippen LogP contribution in [0.3, 0.4) is 0 Å². The van der Waals surface area contributed by atoms with Crippen molar-refractivity contribution < 1.29 is 8.42 Å². The molecule has 0 radical (unpaired) electrons. The Kier molecular flexibility index (Phi) is 5.00. The zero-order valence-electron chi connectivity index (χ0n) is 9.68. The molecule has 2 aliphatic rings. The van der Waals surface area contributed by atoms with Crippen molar-refractivity contribution in [2.75, 3.05) is 31.1 Å². The first-order valence-electron chi connectivity index (χ1n) is 5.52. The lowest BCUT2D eigenvalue weighted by Gasteiger charge is -2.39. The standard InChI is InChI=1S/C9H17N3O2S2.ClH/c1-2-10-9(15)12-4-3-11-7-5-16(13,14)6-8(7)12;/h7-8,11H,2-6H2,1H3,(H,10,15);1H/t7-,8+;/m0./s1. The lowest BCUT2D eigenvalue weighted by atomic mass is 10.1. The normalized spacial score (nSPS) is 30.3. The van der Waals surface area contributed by atoms with Crippen molar-refractivity contribution in [1.82, 2.24) is 15.5 Å². The molecule has 2 saturated heterocycles. The van der Waals surface area contributed by atoms with Gasteiger partial charge < -0.3 is 15.5 Å². The van der Waals surface area contributed by atoms with Gasteiger partial charge in [0, 0.05) is 25.7 Å². The summed E-state index contributed by atoms with van der Waals surface area (Å²) in [6, 6.07) is 0.0423. The summed E-state index contributed by atoms with van der Waals surface area (Å²) >= 11 is 5.26. The van der Waals surface area contributed by atoms with Gasteiger partial charge >= 0.3 is 0 Å². The summed E-state index contributed by atoms with van der Waals surface area (Å²) in [5.41, 5.74) is 0. The van der Waals surface area contributed by atoms with E-state index >= 15 is 0 Å². The van der Waals surface area contributed by atoms with Crippen molar-refractivity contribution in [3.8, 4) is 0 Å². The lowest BCUT2D eigenvalue weighted by Crippen LogP contribution is -2.60. The van der Waals surface area contributed by atoms with Crippen LogP contribution in [0.5, 0.6) is 0 Å². The smallest absolute Gasteiger partial charge is 0.169 e. The fourth-order valence-corrected chi connectivity index (χ4v) is 4.70. The molecule has 2 aliphatic heterocycles. The molecule has 2 rings (SSSR count). The fourth-order valence-electron chi connectivity index (χ4n) is 2.37. The van der Waals surface area contributed by atoms with E-state index in [-0.39, 0.29) is 36.0 Å². The average Bonchev–Trinajstić information content (AvgIpc) is 2.51. The van der Waals surface area contributed by atoms with Crippen molar-refractivity contribution in [3.05, 3.63) is 0 Å². The molecule has 0 spiro atoms. The second-order valence-corrected chi connectivity index (χ2v) is 6.77. The van der Waals surface area contributed by atoms with Gasteiger partial charge in [-0.1, -0.05) is 0 Å². The van der Waals surface area contributed by atoms with Crippen molar-refractivity contribution in [2.24, 2.45) is 0 Å². The highest BCUT2D eigenvalue weighted by Gasteiger charge is 2.43. The third-order valence-electron chi connectivity index (χ3n) is 3.07. The van der Waals surface area contributed by atoms with E-state index in [1.165, 1.54) is 0 Å². The van der Waals surface area contributed by atoms with Gasteiger partial charge in [-0.05, 0) is 19.1 Å². The molecule has 100 valence electrons. The molecule has 2 heterocycles. The maximum absolute atomic E-state index is 11.6. The van der Waals surface area contributed by atoms with E-state index in [0.29, 0.717) is 5.11 Å². The van der Waals surface area contributed by atoms with Gasteiger partial charge in [-0.3, -0.25) is 0 Å². The van der Waals surface area contributed by atoms with Crippen LogP contribution in [0.4, 0.5) is 0 Å². The van der Waals surface area contributed by atoms with E-state index in [1.54, 1.807) is 0 Å². The van der Waals surface area contributed by atoms with Crippen LogP contribution in [0, 0.1) is 0 Å². The molecular formula is C9H18ClN3O2S2. The Hall–Kier alpha value is -0.110. The summed E-state index contributed by atoms with van der Waals surface area (Å²) < 4.78 is 23.2. The van der Waals surface area contributed by atoms with Crippen LogP contribution in [-0.4, -0.2) is 61.7 Å². The molecule has 2 atom stereocenters. The van der Waals surface area contributed by atoms with Crippen LogP contribution in [0.25, 0.3) is 0 Å². The Labute approximate surface area is 114 Å². The van der Waals surface area contributed by atoms with Gasteiger partial charge in [-0.25, -0.2) is 8.42 Å². The van der Waals surface area contributed by atoms with Crippen molar-refractivity contribution in [3.63, 3.8) is 0 Å². The number of sulfone groups is 1. The van der Waals surface area contributed by atoms with Crippen molar-refractivity contribution in [1.29, 1.82) is 0 Å². The van der Waals surface area contributed by atoms with E-state index < -0.39 is 9.84 Å². The van der Waals surface area contributed by atoms with Crippen LogP contribution in [0.2, 0.25) is 0 Å². The summed E-state index contributed by atoms with van der Waals surface area (Å²) in [7, 11) is -2.90. The van der Waals surface area contributed by atoms with Crippen LogP contribution in [0.15, 0.2) is 0 Å². The zero-order chi connectivity index (χ0) is 11.8. The Morgan fingerprint density at radius 3 is 2.88 bits per heavy atom. The molecular weight excluding hydrogens is 282 g/mol. The van der Waals surface area contributed by atoms with Gasteiger partial charge in [-0.2, -0.15) is 0 Å². The van der Waals surface area contributed by atoms with Crippen LogP contribution < -0.4 is 10.6 Å². The molecule has 0 saturated carbocycles. The number of hydrogen-bond donors (Lipinski definition) is 2. The molecule has 5 nitrogen and oxygen atoms in total. The van der Waals surface area contributed by atoms with Crippen molar-refractivity contribution in [2.45, 2.75) is 19.0 Å². The molecule has 0 aromatic heterocycles. The minimum Gasteiger partial charge on any atom is -0.363 e. The Morgan fingerprint density at radius 2 is 2.24 bits per heavy atom. The van der Waals surface area contributed by atoms with E-state index in [4.69, 9.17) is 12.2 Å². The predicted octanol–water partition coefficient (Wildman–Crippen LogP) is -0.627. The van der Waals surface area contributed by atoms with E-state index in [1.807, 2.05) is 11.8 Å². The summed E-state index contributed by atoms with van der Waals surface area (Å²) in [4.78, 5) is 2.02. The third-order valence-corrected chi connectivity index (χ3v) is 5.17. The first kappa shape index (κ1) is 14.9. The lowest BCUT2D eigenvalue weighted by molar-refractivity contribution is 0.234. The maximum atomic E-state index is 11.6. The van der Waals surface area contributed by atoms with E-state index in [9.17, 15) is 8.42 Å². The molecule has 0 aromatic rings. The highest BCUT2D eigenvalue weighted by atomic mass is 35.5. The fraction of sp³-hybridized carbons (Fsp3) is 0.889. The maximum Gasteiger partial charge on any atom is 0.169 e. The molecule has 0 amide bonds. The van der Waals surface area contributed by atoms with Gasteiger partial charge in [0.15, 0.2) is 14.9 Å². The van der Waals surface area contributed by atoms with Crippen molar-refractivity contribution >= 4 is 39.6 Å². The minimum atomic E-state index is -2.90. The molecule has 0 aliphatic carbocycles. The molecule has 0 unspecified atom stereocenters. The summed E-state index contributed by atoms with van der Waals surface area (Å²) in [5, 5.41) is 7.02. The molecule has 2 fully saturated rings. The van der Waals surface area contributed by atoms with Crippen LogP contribution in [-0.2, 0) is 9.84 Å². The highest BCUT2D eigenvalue weighted by Crippen LogP contribution is 2.21. The molecule has 0 bridgehead atoms. The second-order valence-electron chi connectivity index (χ2n) is 4.23. The van der Waals surface area contributed by atoms with Gasteiger partial charge in [0.1, 0.15) is 0 Å². The van der Waals surface area contributed by atoms with E-state index in [2.05, 4.69) is 10.6 Å². The Balaban J connectivity index is 0.00000144. The first-order chi connectivity index (χ1) is 7.53. The SMILES string of the molecule is CCNC(=S)N1CCN[C@H]2CS(=O)(=O)C[C@H]21.Cl. The van der Waals surface area contributed by atoms with Crippen LogP contribution in [0.1, 0.15) is 6.92 Å². The van der Waals surface area contributed by atoms with Gasteiger partial charge in [0.2, 0.25) is 0 Å². The van der Waals surface area contributed by atoms with Gasteiger partial charge in [-0.15, -0.1) is 12.4 Å². The molecule has 8 heteroatoms. The quantitative estimate of drug-likeness (QED) is 0.629. The predicted molar refractivity (Wildman–Crippen MR) is 74.5 cm³/mol. The number of nitrogens with zero attached hydrogens (tertiary/aromatic N) is 1. The molecule has 2 N–H and O–H groups in total. The van der Waals surface area contributed by atoms with Gasteiger partial charge in [0.05, 0.1) is 17.5 Å². The number of hydrogen-bond acceptors (Lipinski definition) is 4. The number of thiocarbonyl (C=S) groups is 1. The molecule has 0 aromatic carbocycles. The summed E-state index contributed by atoms with van der Waals surface area (Å²) in [5.74, 6) is 0.457. The second kappa shape index (κ2) is 5.69. The van der Waals surface area contributed by atoms with E-state index in [0.717, 1.165) is 19.6 Å². The Bertz CT molecular complexity index is 388. The third kappa shape index (κ3) is 3.21. The monoisotopic (exact) mass is 299 g/mol. The number of rotatable bonds is 1. The molecule has 17 heavy (non-hydrogen) atoms. The topological polar surface area (TPSA) is 61.4 Å². The summed E-state index contributed by atoms with van der Waals surface area (Å²) in [6.45, 7) is 4.33.